The Labute approximate surface area is 158 Å². The molecular weight excluding hydrogens is 401 g/mol. The highest BCUT2D eigenvalue weighted by Gasteiger charge is 2.32. The van der Waals surface area contributed by atoms with Crippen LogP contribution in [0.2, 0.25) is 0 Å². The number of guanidine groups is 1. The lowest BCUT2D eigenvalue weighted by atomic mass is 9.97. The van der Waals surface area contributed by atoms with Crippen LogP contribution in [0, 0.1) is 11.8 Å². The van der Waals surface area contributed by atoms with Gasteiger partial charge in [-0.05, 0) is 24.7 Å². The van der Waals surface area contributed by atoms with E-state index in [4.69, 9.17) is 0 Å². The van der Waals surface area contributed by atoms with Gasteiger partial charge in [-0.1, -0.05) is 13.8 Å². The maximum absolute atomic E-state index is 4.53. The van der Waals surface area contributed by atoms with E-state index in [1.165, 1.54) is 52.1 Å². The van der Waals surface area contributed by atoms with Crippen molar-refractivity contribution in [1.29, 1.82) is 0 Å². The van der Waals surface area contributed by atoms with Crippen LogP contribution < -0.4 is 5.32 Å². The molecule has 134 valence electrons. The van der Waals surface area contributed by atoms with Crippen molar-refractivity contribution < 1.29 is 0 Å². The van der Waals surface area contributed by atoms with E-state index in [-0.39, 0.29) is 24.0 Å². The van der Waals surface area contributed by atoms with Crippen molar-refractivity contribution in [3.05, 3.63) is 0 Å². The van der Waals surface area contributed by atoms with Crippen LogP contribution in [0.5, 0.6) is 0 Å². The predicted octanol–water partition coefficient (Wildman–Crippen LogP) is 1.55. The van der Waals surface area contributed by atoms with Gasteiger partial charge in [0.15, 0.2) is 5.96 Å². The van der Waals surface area contributed by atoms with E-state index in [1.54, 1.807) is 0 Å². The Hall–Kier alpha value is -0.0800. The summed E-state index contributed by atoms with van der Waals surface area (Å²) >= 11 is 0. The Bertz CT molecular complexity index is 392. The molecule has 0 aliphatic carbocycles. The first kappa shape index (κ1) is 19.2. The first-order valence-electron chi connectivity index (χ1n) is 9.07. The van der Waals surface area contributed by atoms with Crippen molar-refractivity contribution in [3.63, 3.8) is 0 Å². The number of likely N-dealkylation sites (tertiary alicyclic amines) is 1. The predicted molar refractivity (Wildman–Crippen MR) is 108 cm³/mol. The van der Waals surface area contributed by atoms with Gasteiger partial charge >= 0.3 is 0 Å². The fourth-order valence-electron chi connectivity index (χ4n) is 4.34. The number of fused-ring (bicyclic) bond motifs is 3. The summed E-state index contributed by atoms with van der Waals surface area (Å²) in [6, 6.07) is 0.660. The topological polar surface area (TPSA) is 34.1 Å². The molecule has 4 rings (SSSR count). The van der Waals surface area contributed by atoms with Gasteiger partial charge in [0, 0.05) is 65.4 Å². The molecule has 0 aromatic rings. The normalized spacial score (nSPS) is 33.9. The summed E-state index contributed by atoms with van der Waals surface area (Å²) in [4.78, 5) is 12.2. The highest BCUT2D eigenvalue weighted by Crippen LogP contribution is 2.23. The first-order valence-corrected chi connectivity index (χ1v) is 9.07. The van der Waals surface area contributed by atoms with Crippen LogP contribution in [0.1, 0.15) is 26.7 Å². The van der Waals surface area contributed by atoms with Gasteiger partial charge in [-0.3, -0.25) is 14.8 Å². The second kappa shape index (κ2) is 8.85. The molecule has 0 amide bonds. The molecule has 5 nitrogen and oxygen atoms in total. The van der Waals surface area contributed by atoms with Crippen molar-refractivity contribution in [1.82, 2.24) is 20.0 Å². The van der Waals surface area contributed by atoms with E-state index in [0.29, 0.717) is 6.04 Å². The average Bonchev–Trinajstić information content (AvgIpc) is 2.97. The third-order valence-electron chi connectivity index (χ3n) is 5.49. The lowest BCUT2D eigenvalue weighted by Gasteiger charge is -2.47. The van der Waals surface area contributed by atoms with E-state index >= 15 is 0 Å². The van der Waals surface area contributed by atoms with Gasteiger partial charge in [0.2, 0.25) is 0 Å². The fraction of sp³-hybridized carbons (Fsp3) is 0.941. The number of piperazine rings is 3. The number of aliphatic imine (C=N–C) groups is 1. The summed E-state index contributed by atoms with van der Waals surface area (Å²) in [5, 5.41) is 3.65. The van der Waals surface area contributed by atoms with E-state index in [2.05, 4.69) is 38.9 Å². The van der Waals surface area contributed by atoms with E-state index < -0.39 is 0 Å². The van der Waals surface area contributed by atoms with Gasteiger partial charge in [0.1, 0.15) is 0 Å². The van der Waals surface area contributed by atoms with Gasteiger partial charge < -0.3 is 10.2 Å². The Kier molecular flexibility index (Phi) is 7.41. The minimum absolute atomic E-state index is 0. The van der Waals surface area contributed by atoms with Gasteiger partial charge in [0.25, 0.3) is 0 Å². The molecule has 0 aromatic carbocycles. The molecule has 0 saturated carbocycles. The smallest absolute Gasteiger partial charge is 0.193 e. The molecule has 2 bridgehead atoms. The first-order chi connectivity index (χ1) is 10.7. The molecule has 0 spiro atoms. The van der Waals surface area contributed by atoms with Crippen LogP contribution >= 0.6 is 24.0 Å². The third-order valence-corrected chi connectivity index (χ3v) is 5.49. The summed E-state index contributed by atoms with van der Waals surface area (Å²) in [7, 11) is 1.93. The van der Waals surface area contributed by atoms with Gasteiger partial charge in [-0.15, -0.1) is 24.0 Å². The van der Waals surface area contributed by atoms with Crippen LogP contribution in [0.25, 0.3) is 0 Å². The van der Waals surface area contributed by atoms with Crippen LogP contribution in [0.4, 0.5) is 0 Å². The molecule has 6 heteroatoms. The molecule has 0 radical (unpaired) electrons. The molecular formula is C17H34IN5. The van der Waals surface area contributed by atoms with E-state index in [9.17, 15) is 0 Å². The Morgan fingerprint density at radius 1 is 1.13 bits per heavy atom. The molecule has 4 saturated heterocycles. The van der Waals surface area contributed by atoms with Gasteiger partial charge in [0.05, 0.1) is 0 Å². The minimum Gasteiger partial charge on any atom is -0.355 e. The number of nitrogens with zero attached hydrogens (tertiary/aromatic N) is 4. The van der Waals surface area contributed by atoms with Crippen LogP contribution in [0.3, 0.4) is 0 Å². The quantitative estimate of drug-likeness (QED) is 0.413. The minimum atomic E-state index is 0. The molecule has 0 aromatic heterocycles. The van der Waals surface area contributed by atoms with Crippen molar-refractivity contribution in [2.75, 3.05) is 59.4 Å². The molecule has 2 atom stereocenters. The van der Waals surface area contributed by atoms with Gasteiger partial charge in [-0.2, -0.15) is 0 Å². The molecule has 1 N–H and O–H groups in total. The lowest BCUT2D eigenvalue weighted by molar-refractivity contribution is 0.0152. The highest BCUT2D eigenvalue weighted by molar-refractivity contribution is 14.0. The second-order valence-electron chi connectivity index (χ2n) is 7.65. The molecule has 4 heterocycles. The number of nitrogens with one attached hydrogen (secondary N) is 1. The van der Waals surface area contributed by atoms with Crippen molar-refractivity contribution in [3.8, 4) is 0 Å². The van der Waals surface area contributed by atoms with E-state index in [1.807, 2.05) is 7.05 Å². The standard InChI is InChI=1S/C17H33N5.HI/c1-14(2)10-15-4-5-22(12-15)17(18-3)19-11-16-13-20-6-8-21(16)9-7-20;/h14-16H,4-13H2,1-3H3,(H,18,19);1H. The van der Waals surface area contributed by atoms with Gasteiger partial charge in [-0.25, -0.2) is 0 Å². The molecule has 4 aliphatic heterocycles. The number of hydrogen-bond donors (Lipinski definition) is 1. The Morgan fingerprint density at radius 3 is 2.43 bits per heavy atom. The number of halogens is 1. The summed E-state index contributed by atoms with van der Waals surface area (Å²) < 4.78 is 0. The van der Waals surface area contributed by atoms with E-state index in [0.717, 1.165) is 30.9 Å². The van der Waals surface area contributed by atoms with Crippen molar-refractivity contribution >= 4 is 29.9 Å². The molecule has 4 aliphatic rings. The average molecular weight is 435 g/mol. The monoisotopic (exact) mass is 435 g/mol. The zero-order chi connectivity index (χ0) is 15.5. The number of rotatable bonds is 4. The maximum Gasteiger partial charge on any atom is 0.193 e. The zero-order valence-electron chi connectivity index (χ0n) is 15.0. The molecule has 4 fully saturated rings. The number of hydrogen-bond acceptors (Lipinski definition) is 3. The summed E-state index contributed by atoms with van der Waals surface area (Å²) in [5.41, 5.74) is 0. The lowest BCUT2D eigenvalue weighted by Crippen LogP contribution is -2.63. The van der Waals surface area contributed by atoms with Crippen LogP contribution in [-0.2, 0) is 0 Å². The fourth-order valence-corrected chi connectivity index (χ4v) is 4.34. The maximum atomic E-state index is 4.53. The summed E-state index contributed by atoms with van der Waals surface area (Å²) in [6.07, 6.45) is 2.67. The van der Waals surface area contributed by atoms with Crippen LogP contribution in [-0.4, -0.2) is 86.1 Å². The second-order valence-corrected chi connectivity index (χ2v) is 7.65. The molecule has 23 heavy (non-hydrogen) atoms. The summed E-state index contributed by atoms with van der Waals surface area (Å²) in [6.45, 7) is 14.3. The highest BCUT2D eigenvalue weighted by atomic mass is 127. The Balaban J connectivity index is 0.00000192. The largest absolute Gasteiger partial charge is 0.355 e. The summed E-state index contributed by atoms with van der Waals surface area (Å²) in [5.74, 6) is 2.77. The molecule has 2 unspecified atom stereocenters. The zero-order valence-corrected chi connectivity index (χ0v) is 17.3. The van der Waals surface area contributed by atoms with Crippen LogP contribution in [0.15, 0.2) is 4.99 Å². The Morgan fingerprint density at radius 2 is 1.87 bits per heavy atom. The van der Waals surface area contributed by atoms with Crippen molar-refractivity contribution in [2.24, 2.45) is 16.8 Å². The SMILES string of the molecule is CN=C(NCC1CN2CCN1CC2)N1CCC(CC(C)C)C1.I. The van der Waals surface area contributed by atoms with Crippen molar-refractivity contribution in [2.45, 2.75) is 32.7 Å². The third kappa shape index (κ3) is 4.95.